The first-order chi connectivity index (χ1) is 13.6. The van der Waals surface area contributed by atoms with Crippen molar-refractivity contribution >= 4 is 51.0 Å². The number of nitrogens with one attached hydrogen (secondary N) is 2. The molecular formula is C22H17ClN2O3. The second kappa shape index (κ2) is 7.74. The lowest BCUT2D eigenvalue weighted by atomic mass is 10.1. The van der Waals surface area contributed by atoms with Gasteiger partial charge >= 0.3 is 0 Å². The van der Waals surface area contributed by atoms with Crippen LogP contribution in [0.15, 0.2) is 71.1 Å². The van der Waals surface area contributed by atoms with Gasteiger partial charge in [-0.05, 0) is 36.4 Å². The van der Waals surface area contributed by atoms with Crippen LogP contribution in [0.25, 0.3) is 21.9 Å². The Kier molecular flexibility index (Phi) is 5.00. The number of furan rings is 1. The fourth-order valence-corrected chi connectivity index (χ4v) is 3.28. The van der Waals surface area contributed by atoms with E-state index in [1.807, 2.05) is 36.4 Å². The van der Waals surface area contributed by atoms with Crippen molar-refractivity contribution in [3.8, 4) is 0 Å². The van der Waals surface area contributed by atoms with E-state index in [-0.39, 0.29) is 24.8 Å². The SMILES string of the molecule is O=C(CCNC(=O)c1ccccc1Cl)Nc1ccc2oc3ccccc3c2c1. The third kappa shape index (κ3) is 3.70. The van der Waals surface area contributed by atoms with Crippen molar-refractivity contribution < 1.29 is 14.0 Å². The number of para-hydroxylation sites is 1. The molecule has 1 heterocycles. The van der Waals surface area contributed by atoms with Crippen LogP contribution in [0.5, 0.6) is 0 Å². The molecule has 0 bridgehead atoms. The number of carbonyl (C=O) groups is 2. The van der Waals surface area contributed by atoms with E-state index in [1.54, 1.807) is 30.3 Å². The molecule has 0 aliphatic carbocycles. The summed E-state index contributed by atoms with van der Waals surface area (Å²) in [5.41, 5.74) is 2.65. The first-order valence-corrected chi connectivity index (χ1v) is 9.23. The summed E-state index contributed by atoms with van der Waals surface area (Å²) in [6.45, 7) is 0.215. The lowest BCUT2D eigenvalue weighted by Gasteiger charge is -2.08. The molecule has 0 atom stereocenters. The van der Waals surface area contributed by atoms with Gasteiger partial charge in [-0.15, -0.1) is 0 Å². The van der Waals surface area contributed by atoms with Gasteiger partial charge in [-0.25, -0.2) is 0 Å². The molecule has 0 radical (unpaired) electrons. The highest BCUT2D eigenvalue weighted by Gasteiger charge is 2.11. The number of carbonyl (C=O) groups excluding carboxylic acids is 2. The number of rotatable bonds is 5. The zero-order chi connectivity index (χ0) is 19.5. The molecule has 0 saturated heterocycles. The maximum absolute atomic E-state index is 12.2. The lowest BCUT2D eigenvalue weighted by Crippen LogP contribution is -2.27. The van der Waals surface area contributed by atoms with E-state index in [4.69, 9.17) is 16.0 Å². The van der Waals surface area contributed by atoms with Gasteiger partial charge in [0, 0.05) is 29.4 Å². The Morgan fingerprint density at radius 1 is 0.893 bits per heavy atom. The largest absolute Gasteiger partial charge is 0.456 e. The number of halogens is 1. The normalized spacial score (nSPS) is 10.9. The summed E-state index contributed by atoms with van der Waals surface area (Å²) in [5.74, 6) is -0.490. The number of benzene rings is 3. The second-order valence-corrected chi connectivity index (χ2v) is 6.75. The zero-order valence-corrected chi connectivity index (χ0v) is 15.6. The van der Waals surface area contributed by atoms with Crippen LogP contribution in [0, 0.1) is 0 Å². The Morgan fingerprint density at radius 3 is 2.50 bits per heavy atom. The molecule has 4 aromatic rings. The van der Waals surface area contributed by atoms with Gasteiger partial charge in [-0.2, -0.15) is 0 Å². The smallest absolute Gasteiger partial charge is 0.252 e. The van der Waals surface area contributed by atoms with Gasteiger partial charge in [0.1, 0.15) is 11.2 Å². The van der Waals surface area contributed by atoms with Crippen molar-refractivity contribution in [2.24, 2.45) is 0 Å². The summed E-state index contributed by atoms with van der Waals surface area (Å²) in [6.07, 6.45) is 0.153. The van der Waals surface area contributed by atoms with Crippen molar-refractivity contribution in [3.63, 3.8) is 0 Å². The van der Waals surface area contributed by atoms with Crippen molar-refractivity contribution in [1.29, 1.82) is 0 Å². The molecular weight excluding hydrogens is 376 g/mol. The lowest BCUT2D eigenvalue weighted by molar-refractivity contribution is -0.116. The van der Waals surface area contributed by atoms with Crippen molar-refractivity contribution in [1.82, 2.24) is 5.32 Å². The minimum atomic E-state index is -0.301. The summed E-state index contributed by atoms with van der Waals surface area (Å²) in [7, 11) is 0. The van der Waals surface area contributed by atoms with Crippen LogP contribution >= 0.6 is 11.6 Å². The predicted octanol–water partition coefficient (Wildman–Crippen LogP) is 5.00. The molecule has 0 fully saturated rings. The van der Waals surface area contributed by atoms with Crippen molar-refractivity contribution in [2.45, 2.75) is 6.42 Å². The van der Waals surface area contributed by atoms with Crippen LogP contribution in [0.1, 0.15) is 16.8 Å². The molecule has 28 heavy (non-hydrogen) atoms. The molecule has 6 heteroatoms. The molecule has 0 aliphatic rings. The van der Waals surface area contributed by atoms with E-state index in [0.29, 0.717) is 16.3 Å². The zero-order valence-electron chi connectivity index (χ0n) is 14.9. The standard InChI is InChI=1S/C22H17ClN2O3/c23-18-7-3-1-6-16(18)22(27)24-12-11-21(26)25-14-9-10-20-17(13-14)15-5-2-4-8-19(15)28-20/h1-10,13H,11-12H2,(H,24,27)(H,25,26). The summed E-state index contributed by atoms with van der Waals surface area (Å²) in [4.78, 5) is 24.3. The summed E-state index contributed by atoms with van der Waals surface area (Å²) in [6, 6.07) is 20.1. The van der Waals surface area contributed by atoms with E-state index < -0.39 is 0 Å². The molecule has 2 N–H and O–H groups in total. The fourth-order valence-electron chi connectivity index (χ4n) is 3.06. The van der Waals surface area contributed by atoms with Gasteiger partial charge in [0.15, 0.2) is 0 Å². The molecule has 0 saturated carbocycles. The summed E-state index contributed by atoms with van der Waals surface area (Å²) >= 11 is 6.00. The Hall–Kier alpha value is -3.31. The summed E-state index contributed by atoms with van der Waals surface area (Å²) in [5, 5.41) is 7.89. The molecule has 2 amide bonds. The number of anilines is 1. The Labute approximate surface area is 166 Å². The van der Waals surface area contributed by atoms with Crippen LogP contribution in [0.4, 0.5) is 5.69 Å². The average Bonchev–Trinajstić information content (AvgIpc) is 3.06. The minimum absolute atomic E-state index is 0.153. The molecule has 5 nitrogen and oxygen atoms in total. The molecule has 1 aromatic heterocycles. The van der Waals surface area contributed by atoms with E-state index in [2.05, 4.69) is 10.6 Å². The number of fused-ring (bicyclic) bond motifs is 3. The molecule has 140 valence electrons. The Bertz CT molecular complexity index is 1180. The van der Waals surface area contributed by atoms with E-state index in [9.17, 15) is 9.59 Å². The maximum atomic E-state index is 12.2. The van der Waals surface area contributed by atoms with Crippen molar-refractivity contribution in [2.75, 3.05) is 11.9 Å². The van der Waals surface area contributed by atoms with E-state index in [0.717, 1.165) is 21.9 Å². The average molecular weight is 393 g/mol. The third-order valence-electron chi connectivity index (χ3n) is 4.42. The fraction of sp³-hybridized carbons (Fsp3) is 0.0909. The molecule has 0 spiro atoms. The van der Waals surface area contributed by atoms with Crippen LogP contribution in [0.3, 0.4) is 0 Å². The highest BCUT2D eigenvalue weighted by Crippen LogP contribution is 2.30. The minimum Gasteiger partial charge on any atom is -0.456 e. The molecule has 3 aromatic carbocycles. The van der Waals surface area contributed by atoms with Gasteiger partial charge in [-0.1, -0.05) is 41.9 Å². The van der Waals surface area contributed by atoms with Crippen molar-refractivity contribution in [3.05, 3.63) is 77.3 Å². The van der Waals surface area contributed by atoms with E-state index in [1.165, 1.54) is 0 Å². The number of hydrogen-bond acceptors (Lipinski definition) is 3. The Balaban J connectivity index is 1.38. The first kappa shape index (κ1) is 18.1. The molecule has 0 aliphatic heterocycles. The number of hydrogen-bond donors (Lipinski definition) is 2. The van der Waals surface area contributed by atoms with Gasteiger partial charge in [0.25, 0.3) is 5.91 Å². The topological polar surface area (TPSA) is 71.3 Å². The van der Waals surface area contributed by atoms with Gasteiger partial charge in [0.05, 0.1) is 10.6 Å². The molecule has 4 rings (SSSR count). The Morgan fingerprint density at radius 2 is 1.64 bits per heavy atom. The van der Waals surface area contributed by atoms with Crippen LogP contribution in [-0.4, -0.2) is 18.4 Å². The second-order valence-electron chi connectivity index (χ2n) is 6.34. The van der Waals surface area contributed by atoms with E-state index >= 15 is 0 Å². The van der Waals surface area contributed by atoms with Crippen LogP contribution in [-0.2, 0) is 4.79 Å². The monoisotopic (exact) mass is 392 g/mol. The highest BCUT2D eigenvalue weighted by atomic mass is 35.5. The van der Waals surface area contributed by atoms with Crippen LogP contribution < -0.4 is 10.6 Å². The quantitative estimate of drug-likeness (QED) is 0.502. The first-order valence-electron chi connectivity index (χ1n) is 8.86. The van der Waals surface area contributed by atoms with Crippen LogP contribution in [0.2, 0.25) is 5.02 Å². The predicted molar refractivity (Wildman–Crippen MR) is 111 cm³/mol. The maximum Gasteiger partial charge on any atom is 0.252 e. The molecule has 0 unspecified atom stereocenters. The summed E-state index contributed by atoms with van der Waals surface area (Å²) < 4.78 is 5.78. The highest BCUT2D eigenvalue weighted by molar-refractivity contribution is 6.33. The van der Waals surface area contributed by atoms with Gasteiger partial charge < -0.3 is 15.1 Å². The number of amides is 2. The third-order valence-corrected chi connectivity index (χ3v) is 4.75. The van der Waals surface area contributed by atoms with Gasteiger partial charge in [0.2, 0.25) is 5.91 Å². The van der Waals surface area contributed by atoms with Gasteiger partial charge in [-0.3, -0.25) is 9.59 Å².